The van der Waals surface area contributed by atoms with Crippen molar-refractivity contribution >= 4 is 17.5 Å². The molecule has 6 N–H and O–H groups in total. The molecule has 1 amide bonds. The number of aliphatic hydroxyl groups excluding tert-OH is 2. The number of benzene rings is 1. The number of fused-ring (bicyclic) bond motifs is 3. The maximum atomic E-state index is 13.5. The summed E-state index contributed by atoms with van der Waals surface area (Å²) in [6.07, 6.45) is 0.384. The lowest BCUT2D eigenvalue weighted by Gasteiger charge is -2.50. The molecule has 3 aliphatic rings. The molecule has 0 saturated heterocycles. The fourth-order valence-corrected chi connectivity index (χ4v) is 5.82. The SMILES string of the molecule is CC(C)c1ccc(O)c2c1C[C@H]1C[C@H]3[C@H](N(C)C)C(O)=C(C(N)=O)C(=O)[C@@]3(O)C(O)=C1C2=O. The minimum Gasteiger partial charge on any atom is -0.510 e. The van der Waals surface area contributed by atoms with E-state index in [0.29, 0.717) is 12.0 Å². The number of phenols is 1. The Labute approximate surface area is 190 Å². The van der Waals surface area contributed by atoms with E-state index in [2.05, 4.69) is 0 Å². The van der Waals surface area contributed by atoms with Crippen LogP contribution < -0.4 is 5.73 Å². The molecule has 4 atom stereocenters. The number of carbonyl (C=O) groups is 3. The van der Waals surface area contributed by atoms with Crippen LogP contribution in [0.1, 0.15) is 47.7 Å². The average Bonchev–Trinajstić information content (AvgIpc) is 2.70. The number of primary amides is 1. The highest BCUT2D eigenvalue weighted by atomic mass is 16.3. The number of rotatable bonds is 3. The van der Waals surface area contributed by atoms with Gasteiger partial charge in [-0.05, 0) is 56.0 Å². The van der Waals surface area contributed by atoms with Crippen LogP contribution in [0.4, 0.5) is 0 Å². The molecule has 0 unspecified atom stereocenters. The highest BCUT2D eigenvalue weighted by molar-refractivity contribution is 6.24. The summed E-state index contributed by atoms with van der Waals surface area (Å²) in [5.74, 6) is -6.33. The summed E-state index contributed by atoms with van der Waals surface area (Å²) in [5, 5.41) is 44.0. The second-order valence-electron chi connectivity index (χ2n) is 9.65. The van der Waals surface area contributed by atoms with E-state index in [1.807, 2.05) is 13.8 Å². The Kier molecular flexibility index (Phi) is 5.18. The van der Waals surface area contributed by atoms with Gasteiger partial charge >= 0.3 is 0 Å². The van der Waals surface area contributed by atoms with Crippen molar-refractivity contribution in [2.75, 3.05) is 14.1 Å². The van der Waals surface area contributed by atoms with E-state index in [0.717, 1.165) is 5.56 Å². The maximum Gasteiger partial charge on any atom is 0.255 e. The number of aliphatic hydroxyl groups is 3. The van der Waals surface area contributed by atoms with Crippen LogP contribution in [0.3, 0.4) is 0 Å². The van der Waals surface area contributed by atoms with E-state index in [-0.39, 0.29) is 29.2 Å². The number of hydrogen-bond donors (Lipinski definition) is 5. The number of ketones is 2. The minimum absolute atomic E-state index is 0.0435. The summed E-state index contributed by atoms with van der Waals surface area (Å²) in [6, 6.07) is 2.19. The van der Waals surface area contributed by atoms with Gasteiger partial charge in [-0.2, -0.15) is 0 Å². The maximum absolute atomic E-state index is 13.5. The molecule has 4 rings (SSSR count). The van der Waals surface area contributed by atoms with Crippen LogP contribution in [-0.2, 0) is 16.0 Å². The fourth-order valence-electron chi connectivity index (χ4n) is 5.82. The van der Waals surface area contributed by atoms with E-state index in [1.165, 1.54) is 11.0 Å². The molecule has 9 heteroatoms. The highest BCUT2D eigenvalue weighted by Gasteiger charge is 2.63. The van der Waals surface area contributed by atoms with Gasteiger partial charge in [0.05, 0.1) is 11.6 Å². The minimum atomic E-state index is -2.62. The topological polar surface area (TPSA) is 161 Å². The fraction of sp³-hybridized carbons (Fsp3) is 0.458. The number of aromatic hydroxyl groups is 1. The molecule has 0 saturated carbocycles. The number of nitrogens with two attached hydrogens (primary N) is 1. The van der Waals surface area contributed by atoms with Crippen molar-refractivity contribution in [1.82, 2.24) is 4.90 Å². The highest BCUT2D eigenvalue weighted by Crippen LogP contribution is 2.52. The third kappa shape index (κ3) is 2.95. The lowest BCUT2D eigenvalue weighted by Crippen LogP contribution is -2.63. The van der Waals surface area contributed by atoms with Crippen molar-refractivity contribution < 1.29 is 34.8 Å². The molecule has 33 heavy (non-hydrogen) atoms. The van der Waals surface area contributed by atoms with Crippen LogP contribution in [0.2, 0.25) is 0 Å². The van der Waals surface area contributed by atoms with Crippen molar-refractivity contribution in [3.63, 3.8) is 0 Å². The van der Waals surface area contributed by atoms with Gasteiger partial charge in [-0.1, -0.05) is 19.9 Å². The zero-order chi connectivity index (χ0) is 24.6. The molecule has 0 heterocycles. The molecule has 3 aliphatic carbocycles. The Hall–Kier alpha value is -3.17. The zero-order valence-electron chi connectivity index (χ0n) is 18.9. The summed E-state index contributed by atoms with van der Waals surface area (Å²) >= 11 is 0. The summed E-state index contributed by atoms with van der Waals surface area (Å²) in [6.45, 7) is 3.94. The molecule has 0 aromatic heterocycles. The first kappa shape index (κ1) is 23.0. The Morgan fingerprint density at radius 2 is 1.82 bits per heavy atom. The van der Waals surface area contributed by atoms with Gasteiger partial charge in [0, 0.05) is 11.5 Å². The van der Waals surface area contributed by atoms with Gasteiger partial charge < -0.3 is 26.2 Å². The van der Waals surface area contributed by atoms with Crippen molar-refractivity contribution in [2.45, 2.75) is 44.2 Å². The molecule has 1 aromatic rings. The number of allylic oxidation sites excluding steroid dienone is 1. The van der Waals surface area contributed by atoms with E-state index >= 15 is 0 Å². The van der Waals surface area contributed by atoms with E-state index in [1.54, 1.807) is 20.2 Å². The Balaban J connectivity index is 1.98. The van der Waals surface area contributed by atoms with Gasteiger partial charge in [0.1, 0.15) is 22.8 Å². The van der Waals surface area contributed by atoms with Crippen LogP contribution in [-0.4, -0.2) is 68.5 Å². The van der Waals surface area contributed by atoms with E-state index < -0.39 is 58.0 Å². The van der Waals surface area contributed by atoms with Crippen molar-refractivity contribution in [1.29, 1.82) is 0 Å². The number of Topliss-reactive ketones (excluding diaryl/α,β-unsaturated/α-hetero) is 2. The average molecular weight is 456 g/mol. The quantitative estimate of drug-likeness (QED) is 0.425. The number of amides is 1. The Morgan fingerprint density at radius 1 is 1.18 bits per heavy atom. The van der Waals surface area contributed by atoms with Gasteiger partial charge in [0.15, 0.2) is 11.4 Å². The molecule has 0 fully saturated rings. The predicted octanol–water partition coefficient (Wildman–Crippen LogP) is 1.24. The number of hydrogen-bond acceptors (Lipinski definition) is 8. The van der Waals surface area contributed by atoms with E-state index in [4.69, 9.17) is 5.73 Å². The summed E-state index contributed by atoms with van der Waals surface area (Å²) in [7, 11) is 3.20. The van der Waals surface area contributed by atoms with Crippen molar-refractivity contribution in [3.05, 3.63) is 51.5 Å². The Morgan fingerprint density at radius 3 is 2.36 bits per heavy atom. The molecule has 0 spiro atoms. The van der Waals surface area contributed by atoms with Crippen LogP contribution in [0.15, 0.2) is 34.8 Å². The van der Waals surface area contributed by atoms with Gasteiger partial charge in [0.25, 0.3) is 5.91 Å². The van der Waals surface area contributed by atoms with Crippen molar-refractivity contribution in [2.24, 2.45) is 17.6 Å². The summed E-state index contributed by atoms with van der Waals surface area (Å²) < 4.78 is 0. The summed E-state index contributed by atoms with van der Waals surface area (Å²) in [5.41, 5.74) is 3.35. The van der Waals surface area contributed by atoms with Crippen LogP contribution >= 0.6 is 0 Å². The Bertz CT molecular complexity index is 1160. The summed E-state index contributed by atoms with van der Waals surface area (Å²) in [4.78, 5) is 40.2. The second kappa shape index (κ2) is 7.43. The molecule has 1 aromatic carbocycles. The standard InChI is InChI=1S/C24H28N2O7/c1-9(2)11-5-6-14(27)16-12(11)7-10-8-13-18(26(3)4)20(29)17(23(25)32)22(31)24(13,33)21(30)15(10)19(16)28/h5-6,9-10,13,18,27,29-30,33H,7-8H2,1-4H3,(H2,25,32)/t10-,13-,18-,24-/m0/s1. The molecule has 0 bridgehead atoms. The number of carbonyl (C=O) groups excluding carboxylic acids is 3. The van der Waals surface area contributed by atoms with Gasteiger partial charge in [-0.3, -0.25) is 19.3 Å². The van der Waals surface area contributed by atoms with Crippen molar-refractivity contribution in [3.8, 4) is 5.75 Å². The first-order valence-corrected chi connectivity index (χ1v) is 10.8. The van der Waals surface area contributed by atoms with Crippen LogP contribution in [0.25, 0.3) is 0 Å². The third-order valence-electron chi connectivity index (χ3n) is 7.26. The number of likely N-dealkylation sites (N-methyl/N-ethyl adjacent to an activating group) is 1. The second-order valence-corrected chi connectivity index (χ2v) is 9.65. The predicted molar refractivity (Wildman–Crippen MR) is 118 cm³/mol. The van der Waals surface area contributed by atoms with Gasteiger partial charge in [-0.15, -0.1) is 0 Å². The lowest BCUT2D eigenvalue weighted by atomic mass is 9.58. The number of phenolic OH excluding ortho intramolecular Hbond substituents is 1. The first-order chi connectivity index (χ1) is 15.3. The van der Waals surface area contributed by atoms with Crippen LogP contribution in [0, 0.1) is 11.8 Å². The van der Waals surface area contributed by atoms with Gasteiger partial charge in [0.2, 0.25) is 5.78 Å². The molecule has 0 aliphatic heterocycles. The zero-order valence-corrected chi connectivity index (χ0v) is 18.9. The third-order valence-corrected chi connectivity index (χ3v) is 7.26. The first-order valence-electron chi connectivity index (χ1n) is 10.8. The molecule has 9 nitrogen and oxygen atoms in total. The van der Waals surface area contributed by atoms with Gasteiger partial charge in [-0.25, -0.2) is 0 Å². The molecular weight excluding hydrogens is 428 g/mol. The van der Waals surface area contributed by atoms with E-state index in [9.17, 15) is 34.8 Å². The van der Waals surface area contributed by atoms with Crippen LogP contribution in [0.5, 0.6) is 5.75 Å². The normalized spacial score (nSPS) is 29.4. The largest absolute Gasteiger partial charge is 0.510 e. The lowest BCUT2D eigenvalue weighted by molar-refractivity contribution is -0.148. The number of nitrogens with zero attached hydrogens (tertiary/aromatic N) is 1. The molecule has 0 radical (unpaired) electrons. The smallest absolute Gasteiger partial charge is 0.255 e. The molecular formula is C24H28N2O7. The monoisotopic (exact) mass is 456 g/mol. The molecule has 176 valence electrons.